The van der Waals surface area contributed by atoms with Crippen LogP contribution in [0, 0.1) is 5.92 Å². The summed E-state index contributed by atoms with van der Waals surface area (Å²) in [5.41, 5.74) is 7.30. The minimum atomic E-state index is 0.327. The van der Waals surface area contributed by atoms with Gasteiger partial charge in [-0.2, -0.15) is 0 Å². The molecule has 1 aliphatic heterocycles. The minimum Gasteiger partial charge on any atom is -0.370 e. The normalized spacial score (nSPS) is 26.9. The van der Waals surface area contributed by atoms with E-state index in [0.29, 0.717) is 12.0 Å². The van der Waals surface area contributed by atoms with Gasteiger partial charge in [-0.1, -0.05) is 13.3 Å². The Bertz CT molecular complexity index is 286. The van der Waals surface area contributed by atoms with Gasteiger partial charge < -0.3 is 10.6 Å². The van der Waals surface area contributed by atoms with Gasteiger partial charge in [0.15, 0.2) is 0 Å². The molecule has 2 unspecified atom stereocenters. The number of rotatable bonds is 2. The zero-order valence-corrected chi connectivity index (χ0v) is 8.56. The zero-order valence-electron chi connectivity index (χ0n) is 8.56. The van der Waals surface area contributed by atoms with Crippen molar-refractivity contribution in [2.45, 2.75) is 19.4 Å². The largest absolute Gasteiger partial charge is 0.370 e. The molecule has 2 atom stereocenters. The molecular weight excluding hydrogens is 174 g/mol. The monoisotopic (exact) mass is 191 g/mol. The maximum atomic E-state index is 6.06. The van der Waals surface area contributed by atoms with Gasteiger partial charge in [-0.05, 0) is 18.1 Å². The molecular formula is C11H17N3. The van der Waals surface area contributed by atoms with Crippen LogP contribution in [0.25, 0.3) is 0 Å². The molecule has 3 nitrogen and oxygen atoms in total. The van der Waals surface area contributed by atoms with Crippen molar-refractivity contribution in [3.8, 4) is 0 Å². The number of anilines is 1. The Kier molecular flexibility index (Phi) is 2.68. The summed E-state index contributed by atoms with van der Waals surface area (Å²) >= 11 is 0. The first-order chi connectivity index (χ1) is 6.81. The smallest absolute Gasteiger partial charge is 0.0397 e. The van der Waals surface area contributed by atoms with Crippen molar-refractivity contribution in [3.63, 3.8) is 0 Å². The SMILES string of the molecule is CCC1CN(c2ccncc2)CC1N. The molecule has 2 N–H and O–H groups in total. The second-order valence-corrected chi connectivity index (χ2v) is 3.94. The number of aromatic nitrogens is 1. The quantitative estimate of drug-likeness (QED) is 0.765. The molecule has 0 aromatic carbocycles. The summed E-state index contributed by atoms with van der Waals surface area (Å²) in [5.74, 6) is 0.642. The average molecular weight is 191 g/mol. The highest BCUT2D eigenvalue weighted by Gasteiger charge is 2.28. The summed E-state index contributed by atoms with van der Waals surface area (Å²) in [4.78, 5) is 6.36. The lowest BCUT2D eigenvalue weighted by molar-refractivity contribution is 0.500. The highest BCUT2D eigenvalue weighted by molar-refractivity contribution is 5.46. The molecule has 1 saturated heterocycles. The average Bonchev–Trinajstić information content (AvgIpc) is 2.61. The van der Waals surface area contributed by atoms with Gasteiger partial charge in [0, 0.05) is 37.2 Å². The van der Waals surface area contributed by atoms with E-state index in [-0.39, 0.29) is 0 Å². The van der Waals surface area contributed by atoms with Gasteiger partial charge in [0.05, 0.1) is 0 Å². The molecule has 0 radical (unpaired) electrons. The fourth-order valence-corrected chi connectivity index (χ4v) is 2.09. The molecule has 0 saturated carbocycles. The highest BCUT2D eigenvalue weighted by atomic mass is 15.2. The van der Waals surface area contributed by atoms with E-state index in [1.165, 1.54) is 12.1 Å². The first-order valence-corrected chi connectivity index (χ1v) is 5.21. The van der Waals surface area contributed by atoms with Gasteiger partial charge in [0.25, 0.3) is 0 Å². The molecule has 1 aromatic heterocycles. The molecule has 2 heterocycles. The van der Waals surface area contributed by atoms with E-state index >= 15 is 0 Å². The Labute approximate surface area is 84.9 Å². The van der Waals surface area contributed by atoms with Crippen LogP contribution in [0.3, 0.4) is 0 Å². The van der Waals surface area contributed by atoms with Crippen molar-refractivity contribution in [1.82, 2.24) is 4.98 Å². The molecule has 0 aliphatic carbocycles. The van der Waals surface area contributed by atoms with Crippen LogP contribution >= 0.6 is 0 Å². The summed E-state index contributed by atoms with van der Waals surface area (Å²) in [6.45, 7) is 4.27. The van der Waals surface area contributed by atoms with Crippen LogP contribution in [-0.2, 0) is 0 Å². The third kappa shape index (κ3) is 1.73. The second-order valence-electron chi connectivity index (χ2n) is 3.94. The third-order valence-electron chi connectivity index (χ3n) is 3.04. The molecule has 14 heavy (non-hydrogen) atoms. The summed E-state index contributed by atoms with van der Waals surface area (Å²) in [6.07, 6.45) is 4.84. The van der Waals surface area contributed by atoms with Crippen molar-refractivity contribution in [2.24, 2.45) is 11.7 Å². The molecule has 0 spiro atoms. The number of hydrogen-bond donors (Lipinski definition) is 1. The Morgan fingerprint density at radius 3 is 2.71 bits per heavy atom. The van der Waals surface area contributed by atoms with Crippen LogP contribution in [0.1, 0.15) is 13.3 Å². The van der Waals surface area contributed by atoms with Gasteiger partial charge in [-0.3, -0.25) is 4.98 Å². The molecule has 1 aliphatic rings. The van der Waals surface area contributed by atoms with E-state index in [4.69, 9.17) is 5.73 Å². The first-order valence-electron chi connectivity index (χ1n) is 5.21. The number of nitrogens with two attached hydrogens (primary N) is 1. The van der Waals surface area contributed by atoms with Crippen LogP contribution in [0.2, 0.25) is 0 Å². The lowest BCUT2D eigenvalue weighted by Crippen LogP contribution is -2.29. The van der Waals surface area contributed by atoms with E-state index < -0.39 is 0 Å². The first kappa shape index (κ1) is 9.46. The third-order valence-corrected chi connectivity index (χ3v) is 3.04. The van der Waals surface area contributed by atoms with Crippen molar-refractivity contribution in [3.05, 3.63) is 24.5 Å². The summed E-state index contributed by atoms with van der Waals surface area (Å²) < 4.78 is 0. The molecule has 2 rings (SSSR count). The fraction of sp³-hybridized carbons (Fsp3) is 0.545. The maximum absolute atomic E-state index is 6.06. The van der Waals surface area contributed by atoms with E-state index in [1.807, 2.05) is 24.5 Å². The van der Waals surface area contributed by atoms with Crippen LogP contribution in [0.15, 0.2) is 24.5 Å². The van der Waals surface area contributed by atoms with E-state index in [2.05, 4.69) is 16.8 Å². The van der Waals surface area contributed by atoms with Gasteiger partial charge in [0.1, 0.15) is 0 Å². The Hall–Kier alpha value is -1.09. The van der Waals surface area contributed by atoms with E-state index in [0.717, 1.165) is 13.1 Å². The molecule has 76 valence electrons. The number of nitrogens with zero attached hydrogens (tertiary/aromatic N) is 2. The fourth-order valence-electron chi connectivity index (χ4n) is 2.09. The Morgan fingerprint density at radius 1 is 1.43 bits per heavy atom. The summed E-state index contributed by atoms with van der Waals surface area (Å²) in [6, 6.07) is 4.42. The number of pyridine rings is 1. The second kappa shape index (κ2) is 3.96. The number of hydrogen-bond acceptors (Lipinski definition) is 3. The summed E-state index contributed by atoms with van der Waals surface area (Å²) in [7, 11) is 0. The topological polar surface area (TPSA) is 42.2 Å². The predicted octanol–water partition coefficient (Wildman–Crippen LogP) is 1.26. The lowest BCUT2D eigenvalue weighted by Gasteiger charge is -2.17. The van der Waals surface area contributed by atoms with Crippen molar-refractivity contribution < 1.29 is 0 Å². The van der Waals surface area contributed by atoms with Crippen LogP contribution in [-0.4, -0.2) is 24.1 Å². The van der Waals surface area contributed by atoms with E-state index in [1.54, 1.807) is 0 Å². The molecule has 1 fully saturated rings. The highest BCUT2D eigenvalue weighted by Crippen LogP contribution is 2.23. The maximum Gasteiger partial charge on any atom is 0.0397 e. The van der Waals surface area contributed by atoms with Gasteiger partial charge >= 0.3 is 0 Å². The van der Waals surface area contributed by atoms with Crippen molar-refractivity contribution in [2.75, 3.05) is 18.0 Å². The minimum absolute atomic E-state index is 0.327. The molecule has 0 bridgehead atoms. The van der Waals surface area contributed by atoms with Gasteiger partial charge in [-0.15, -0.1) is 0 Å². The van der Waals surface area contributed by atoms with E-state index in [9.17, 15) is 0 Å². The Balaban J connectivity index is 2.09. The van der Waals surface area contributed by atoms with Crippen LogP contribution in [0.4, 0.5) is 5.69 Å². The molecule has 1 aromatic rings. The summed E-state index contributed by atoms with van der Waals surface area (Å²) in [5, 5.41) is 0. The predicted molar refractivity (Wildman–Crippen MR) is 58.2 cm³/mol. The Morgan fingerprint density at radius 2 is 2.14 bits per heavy atom. The van der Waals surface area contributed by atoms with Gasteiger partial charge in [-0.25, -0.2) is 0 Å². The van der Waals surface area contributed by atoms with Crippen LogP contribution in [0.5, 0.6) is 0 Å². The zero-order chi connectivity index (χ0) is 9.97. The lowest BCUT2D eigenvalue weighted by atomic mass is 10.0. The van der Waals surface area contributed by atoms with Crippen molar-refractivity contribution >= 4 is 5.69 Å². The van der Waals surface area contributed by atoms with Crippen molar-refractivity contribution in [1.29, 1.82) is 0 Å². The van der Waals surface area contributed by atoms with Gasteiger partial charge in [0.2, 0.25) is 0 Å². The standard InChI is InChI=1S/C11H17N3/c1-2-9-7-14(8-11(9)12)10-3-5-13-6-4-10/h3-6,9,11H,2,7-8,12H2,1H3. The van der Waals surface area contributed by atoms with Crippen LogP contribution < -0.4 is 10.6 Å². The molecule has 0 amide bonds. The molecule has 3 heteroatoms.